The van der Waals surface area contributed by atoms with E-state index in [1.54, 1.807) is 0 Å². The molecule has 0 radical (unpaired) electrons. The highest BCUT2D eigenvalue weighted by Crippen LogP contribution is 2.29. The van der Waals surface area contributed by atoms with Gasteiger partial charge >= 0.3 is 5.97 Å². The van der Waals surface area contributed by atoms with Gasteiger partial charge in [-0.3, -0.25) is 0 Å². The van der Waals surface area contributed by atoms with Crippen LogP contribution in [0.3, 0.4) is 0 Å². The molecule has 0 saturated heterocycles. The van der Waals surface area contributed by atoms with Gasteiger partial charge in [0.1, 0.15) is 5.70 Å². The minimum atomic E-state index is -0.782. The first kappa shape index (κ1) is 14.9. The Morgan fingerprint density at radius 2 is 2.05 bits per heavy atom. The molecule has 1 N–H and O–H groups in total. The largest absolute Gasteiger partial charge is 0.425 e. The van der Waals surface area contributed by atoms with Crippen LogP contribution in [0.4, 0.5) is 5.69 Å². The van der Waals surface area contributed by atoms with Crippen LogP contribution in [-0.2, 0) is 14.3 Å². The van der Waals surface area contributed by atoms with Gasteiger partial charge in [0, 0.05) is 5.69 Å². The molecule has 1 heterocycles. The number of benzene rings is 1. The van der Waals surface area contributed by atoms with Crippen LogP contribution in [-0.4, -0.2) is 18.4 Å². The summed E-state index contributed by atoms with van der Waals surface area (Å²) in [6.45, 7) is 7.75. The van der Waals surface area contributed by atoms with Gasteiger partial charge in [-0.15, -0.1) is 0 Å². The van der Waals surface area contributed by atoms with Gasteiger partial charge in [0.2, 0.25) is 6.29 Å². The third-order valence-electron chi connectivity index (χ3n) is 2.91. The number of esters is 1. The molecule has 1 aromatic rings. The van der Waals surface area contributed by atoms with Crippen LogP contribution in [0.1, 0.15) is 25.0 Å². The summed E-state index contributed by atoms with van der Waals surface area (Å²) in [5.41, 5.74) is 3.56. The number of anilines is 1. The monoisotopic (exact) mass is 295 g/mol. The number of rotatable bonds is 4. The molecule has 0 saturated carbocycles. The molecule has 0 bridgehead atoms. The van der Waals surface area contributed by atoms with Crippen molar-refractivity contribution in [1.29, 1.82) is 0 Å². The molecule has 1 aliphatic heterocycles. The van der Waals surface area contributed by atoms with E-state index in [1.165, 1.54) is 5.56 Å². The number of carbonyl (C=O) groups is 1. The fourth-order valence-corrected chi connectivity index (χ4v) is 2.16. The summed E-state index contributed by atoms with van der Waals surface area (Å²) < 4.78 is 10.7. The molecule has 1 aromatic carbocycles. The van der Waals surface area contributed by atoms with Crippen molar-refractivity contribution in [2.75, 3.05) is 5.32 Å². The second kappa shape index (κ2) is 5.85. The average Bonchev–Trinajstić information content (AvgIpc) is 2.59. The smallest absolute Gasteiger partial charge is 0.354 e. The summed E-state index contributed by atoms with van der Waals surface area (Å²) in [5, 5.41) is 3.19. The van der Waals surface area contributed by atoms with E-state index in [2.05, 4.69) is 5.32 Å². The summed E-state index contributed by atoms with van der Waals surface area (Å²) >= 11 is 6.00. The molecule has 1 atom stereocenters. The lowest BCUT2D eigenvalue weighted by Crippen LogP contribution is -2.24. The number of hydrogen-bond acceptors (Lipinski definition) is 4. The third-order valence-corrected chi connectivity index (χ3v) is 3.27. The van der Waals surface area contributed by atoms with Crippen molar-refractivity contribution < 1.29 is 14.3 Å². The highest BCUT2D eigenvalue weighted by molar-refractivity contribution is 6.42. The molecule has 108 valence electrons. The van der Waals surface area contributed by atoms with Crippen molar-refractivity contribution in [2.45, 2.75) is 40.1 Å². The van der Waals surface area contributed by atoms with E-state index in [4.69, 9.17) is 21.1 Å². The summed E-state index contributed by atoms with van der Waals surface area (Å²) in [7, 11) is 0. The second-order valence-electron chi connectivity index (χ2n) is 5.09. The van der Waals surface area contributed by atoms with Gasteiger partial charge in [-0.05, 0) is 39.3 Å². The van der Waals surface area contributed by atoms with E-state index in [0.29, 0.717) is 5.70 Å². The molecule has 0 amide bonds. The number of ether oxygens (including phenoxy) is 2. The third kappa shape index (κ3) is 3.14. The van der Waals surface area contributed by atoms with Crippen LogP contribution in [0.5, 0.6) is 0 Å². The molecule has 0 spiro atoms. The molecule has 0 fully saturated rings. The van der Waals surface area contributed by atoms with Crippen molar-refractivity contribution in [2.24, 2.45) is 0 Å². The predicted molar refractivity (Wildman–Crippen MR) is 78.5 cm³/mol. The maximum Gasteiger partial charge on any atom is 0.354 e. The molecule has 2 rings (SSSR count). The normalized spacial score (nSPS) is 18.7. The predicted octanol–water partition coefficient (Wildman–Crippen LogP) is 3.47. The number of aryl methyl sites for hydroxylation is 2. The zero-order chi connectivity index (χ0) is 14.9. The van der Waals surface area contributed by atoms with E-state index in [1.807, 2.05) is 45.9 Å². The topological polar surface area (TPSA) is 47.6 Å². The molecule has 4 nitrogen and oxygen atoms in total. The first-order valence-corrected chi connectivity index (χ1v) is 6.86. The molecular formula is C15H18ClNO3. The van der Waals surface area contributed by atoms with Gasteiger partial charge in [0.15, 0.2) is 5.03 Å². The Hall–Kier alpha value is -1.52. The molecule has 20 heavy (non-hydrogen) atoms. The van der Waals surface area contributed by atoms with Crippen molar-refractivity contribution in [1.82, 2.24) is 0 Å². The Bertz CT molecular complexity index is 566. The number of cyclic esters (lactones) is 1. The minimum Gasteiger partial charge on any atom is -0.425 e. The summed E-state index contributed by atoms with van der Waals surface area (Å²) in [5.74, 6) is -0.565. The van der Waals surface area contributed by atoms with E-state index < -0.39 is 12.3 Å². The second-order valence-corrected chi connectivity index (χ2v) is 5.47. The van der Waals surface area contributed by atoms with Crippen molar-refractivity contribution >= 4 is 23.3 Å². The Balaban J connectivity index is 2.26. The van der Waals surface area contributed by atoms with Crippen LogP contribution in [0, 0.1) is 13.8 Å². The minimum absolute atomic E-state index is 0.0376. The van der Waals surface area contributed by atoms with E-state index in [0.717, 1.165) is 11.3 Å². The van der Waals surface area contributed by atoms with Crippen LogP contribution in [0.15, 0.2) is 28.9 Å². The maximum atomic E-state index is 11.6. The number of nitrogens with one attached hydrogen (secondary N) is 1. The molecule has 0 unspecified atom stereocenters. The van der Waals surface area contributed by atoms with E-state index >= 15 is 0 Å². The van der Waals surface area contributed by atoms with E-state index in [-0.39, 0.29) is 11.1 Å². The number of hydrogen-bond donors (Lipinski definition) is 1. The zero-order valence-electron chi connectivity index (χ0n) is 12.0. The van der Waals surface area contributed by atoms with Crippen molar-refractivity contribution in [3.8, 4) is 0 Å². The molecular weight excluding hydrogens is 278 g/mol. The molecule has 1 aliphatic rings. The number of carbonyl (C=O) groups excluding carboxylic acids is 1. The van der Waals surface area contributed by atoms with Gasteiger partial charge < -0.3 is 14.8 Å². The highest BCUT2D eigenvalue weighted by atomic mass is 35.5. The van der Waals surface area contributed by atoms with Gasteiger partial charge in [-0.25, -0.2) is 4.79 Å². The summed E-state index contributed by atoms with van der Waals surface area (Å²) in [6, 6.07) is 5.98. The quantitative estimate of drug-likeness (QED) is 0.864. The summed E-state index contributed by atoms with van der Waals surface area (Å²) in [6.07, 6.45) is -0.859. The lowest BCUT2D eigenvalue weighted by molar-refractivity contribution is -0.165. The standard InChI is InChI=1S/C15H18ClNO3/c1-8(2)19-15-13(12(16)14(18)20-15)17-11-6-5-9(3)7-10(11)4/h5-8,15,17H,1-4H3/t15-/m0/s1. The molecule has 0 aliphatic carbocycles. The SMILES string of the molecule is Cc1ccc(NC2=C(Cl)C(=O)O[C@@H]2OC(C)C)c(C)c1. The summed E-state index contributed by atoms with van der Waals surface area (Å²) in [4.78, 5) is 11.6. The van der Waals surface area contributed by atoms with E-state index in [9.17, 15) is 4.79 Å². The van der Waals surface area contributed by atoms with Crippen LogP contribution >= 0.6 is 11.6 Å². The van der Waals surface area contributed by atoms with Gasteiger partial charge in [-0.2, -0.15) is 0 Å². The van der Waals surface area contributed by atoms with Gasteiger partial charge in [-0.1, -0.05) is 29.3 Å². The Kier molecular flexibility index (Phi) is 4.35. The van der Waals surface area contributed by atoms with Crippen LogP contribution in [0.25, 0.3) is 0 Å². The average molecular weight is 296 g/mol. The molecule has 0 aromatic heterocycles. The highest BCUT2D eigenvalue weighted by Gasteiger charge is 2.35. The first-order chi connectivity index (χ1) is 9.38. The van der Waals surface area contributed by atoms with Crippen molar-refractivity contribution in [3.63, 3.8) is 0 Å². The van der Waals surface area contributed by atoms with Gasteiger partial charge in [0.05, 0.1) is 6.10 Å². The fraction of sp³-hybridized carbons (Fsp3) is 0.400. The van der Waals surface area contributed by atoms with Gasteiger partial charge in [0.25, 0.3) is 0 Å². The Morgan fingerprint density at radius 3 is 2.65 bits per heavy atom. The van der Waals surface area contributed by atoms with Crippen LogP contribution in [0.2, 0.25) is 0 Å². The Labute approximate surface area is 123 Å². The molecule has 5 heteroatoms. The number of halogens is 1. The lowest BCUT2D eigenvalue weighted by Gasteiger charge is -2.19. The van der Waals surface area contributed by atoms with Crippen LogP contribution < -0.4 is 5.32 Å². The first-order valence-electron chi connectivity index (χ1n) is 6.49. The maximum absolute atomic E-state index is 11.6. The zero-order valence-corrected chi connectivity index (χ0v) is 12.7. The lowest BCUT2D eigenvalue weighted by atomic mass is 10.1. The Morgan fingerprint density at radius 1 is 1.35 bits per heavy atom. The van der Waals surface area contributed by atoms with Crippen molar-refractivity contribution in [3.05, 3.63) is 40.1 Å². The fourth-order valence-electron chi connectivity index (χ4n) is 1.98.